The SMILES string of the molecule is Cl.O=C(Nc1ccccc1F)N1CCCC(C(=O)N2C[C@H]3CNC[C@H]3C2)C1. The van der Waals surface area contributed by atoms with Gasteiger partial charge in [0.15, 0.2) is 0 Å². The van der Waals surface area contributed by atoms with E-state index in [1.165, 1.54) is 12.1 Å². The average molecular weight is 397 g/mol. The van der Waals surface area contributed by atoms with Crippen molar-refractivity contribution in [1.82, 2.24) is 15.1 Å². The molecule has 0 spiro atoms. The van der Waals surface area contributed by atoms with Crippen LogP contribution in [0, 0.1) is 23.6 Å². The molecule has 3 fully saturated rings. The number of halogens is 2. The molecule has 4 rings (SSSR count). The van der Waals surface area contributed by atoms with E-state index in [-0.39, 0.29) is 36.0 Å². The number of anilines is 1. The summed E-state index contributed by atoms with van der Waals surface area (Å²) >= 11 is 0. The molecule has 0 bridgehead atoms. The van der Waals surface area contributed by atoms with E-state index >= 15 is 0 Å². The molecule has 1 aromatic rings. The van der Waals surface area contributed by atoms with Gasteiger partial charge in [0.1, 0.15) is 5.82 Å². The van der Waals surface area contributed by atoms with Crippen LogP contribution in [0.1, 0.15) is 12.8 Å². The molecule has 0 radical (unpaired) electrons. The minimum Gasteiger partial charge on any atom is -0.342 e. The predicted molar refractivity (Wildman–Crippen MR) is 103 cm³/mol. The number of urea groups is 1. The minimum atomic E-state index is -0.456. The van der Waals surface area contributed by atoms with E-state index in [2.05, 4.69) is 10.6 Å². The summed E-state index contributed by atoms with van der Waals surface area (Å²) in [6.45, 7) is 4.65. The number of hydrogen-bond acceptors (Lipinski definition) is 3. The van der Waals surface area contributed by atoms with Crippen molar-refractivity contribution < 1.29 is 14.0 Å². The van der Waals surface area contributed by atoms with E-state index in [0.717, 1.165) is 39.0 Å². The van der Waals surface area contributed by atoms with Crippen molar-refractivity contribution in [3.8, 4) is 0 Å². The lowest BCUT2D eigenvalue weighted by molar-refractivity contribution is -0.136. The number of carbonyl (C=O) groups excluding carboxylic acids is 2. The first-order valence-electron chi connectivity index (χ1n) is 9.42. The van der Waals surface area contributed by atoms with Gasteiger partial charge in [-0.25, -0.2) is 9.18 Å². The highest BCUT2D eigenvalue weighted by Crippen LogP contribution is 2.29. The maximum absolute atomic E-state index is 13.7. The van der Waals surface area contributed by atoms with Crippen LogP contribution in [-0.4, -0.2) is 61.0 Å². The maximum Gasteiger partial charge on any atom is 0.321 e. The Hall–Kier alpha value is -1.86. The van der Waals surface area contributed by atoms with Crippen LogP contribution in [0.4, 0.5) is 14.9 Å². The van der Waals surface area contributed by atoms with Crippen molar-refractivity contribution in [2.24, 2.45) is 17.8 Å². The van der Waals surface area contributed by atoms with Gasteiger partial charge in [-0.15, -0.1) is 12.4 Å². The molecule has 3 aliphatic rings. The lowest BCUT2D eigenvalue weighted by Gasteiger charge is -2.34. The molecule has 3 amide bonds. The first kappa shape index (κ1) is 19.9. The van der Waals surface area contributed by atoms with Gasteiger partial charge in [0.25, 0.3) is 0 Å². The maximum atomic E-state index is 13.7. The molecule has 27 heavy (non-hydrogen) atoms. The third-order valence-electron chi connectivity index (χ3n) is 5.87. The van der Waals surface area contributed by atoms with Gasteiger partial charge in [-0.1, -0.05) is 12.1 Å². The van der Waals surface area contributed by atoms with Crippen LogP contribution in [0.15, 0.2) is 24.3 Å². The van der Waals surface area contributed by atoms with Gasteiger partial charge in [0.2, 0.25) is 5.91 Å². The number of hydrogen-bond donors (Lipinski definition) is 2. The van der Waals surface area contributed by atoms with E-state index in [1.807, 2.05) is 4.90 Å². The van der Waals surface area contributed by atoms with Gasteiger partial charge in [-0.3, -0.25) is 4.79 Å². The van der Waals surface area contributed by atoms with Gasteiger partial charge >= 0.3 is 6.03 Å². The number of nitrogens with zero attached hydrogens (tertiary/aromatic N) is 2. The second kappa shape index (κ2) is 8.44. The average Bonchev–Trinajstić information content (AvgIpc) is 3.25. The first-order valence-corrected chi connectivity index (χ1v) is 9.42. The van der Waals surface area contributed by atoms with Crippen LogP contribution in [0.3, 0.4) is 0 Å². The Kier molecular flexibility index (Phi) is 6.22. The second-order valence-electron chi connectivity index (χ2n) is 7.62. The highest BCUT2D eigenvalue weighted by Gasteiger charge is 2.40. The van der Waals surface area contributed by atoms with Crippen LogP contribution in [0.25, 0.3) is 0 Å². The quantitative estimate of drug-likeness (QED) is 0.805. The Balaban J connectivity index is 0.00000210. The van der Waals surface area contributed by atoms with Crippen molar-refractivity contribution in [2.75, 3.05) is 44.6 Å². The molecule has 3 saturated heterocycles. The zero-order valence-electron chi connectivity index (χ0n) is 15.2. The number of fused-ring (bicyclic) bond motifs is 1. The van der Waals surface area contributed by atoms with Crippen molar-refractivity contribution in [3.05, 3.63) is 30.1 Å². The summed E-state index contributed by atoms with van der Waals surface area (Å²) in [4.78, 5) is 29.0. The van der Waals surface area contributed by atoms with Crippen LogP contribution in [-0.2, 0) is 4.79 Å². The number of nitrogens with one attached hydrogen (secondary N) is 2. The summed E-state index contributed by atoms with van der Waals surface area (Å²) < 4.78 is 13.7. The molecule has 2 N–H and O–H groups in total. The number of para-hydroxylation sites is 1. The molecule has 1 unspecified atom stereocenters. The molecule has 1 aromatic carbocycles. The Bertz CT molecular complexity index is 692. The van der Waals surface area contributed by atoms with Gasteiger partial charge in [-0.2, -0.15) is 0 Å². The summed E-state index contributed by atoms with van der Waals surface area (Å²) in [6, 6.07) is 5.78. The van der Waals surface area contributed by atoms with Gasteiger partial charge in [-0.05, 0) is 36.8 Å². The predicted octanol–water partition coefficient (Wildman–Crippen LogP) is 2.17. The summed E-state index contributed by atoms with van der Waals surface area (Å²) in [5.41, 5.74) is 0.172. The van der Waals surface area contributed by atoms with Crippen molar-refractivity contribution in [1.29, 1.82) is 0 Å². The summed E-state index contributed by atoms with van der Waals surface area (Å²) in [5.74, 6) is 0.707. The molecular formula is C19H26ClFN4O2. The monoisotopic (exact) mass is 396 g/mol. The summed E-state index contributed by atoms with van der Waals surface area (Å²) in [6.07, 6.45) is 1.61. The number of likely N-dealkylation sites (tertiary alicyclic amines) is 2. The Morgan fingerprint density at radius 3 is 2.48 bits per heavy atom. The molecule has 3 atom stereocenters. The summed E-state index contributed by atoms with van der Waals surface area (Å²) in [5, 5.41) is 6.00. The highest BCUT2D eigenvalue weighted by molar-refractivity contribution is 5.90. The number of carbonyl (C=O) groups is 2. The number of piperidine rings is 1. The van der Waals surface area contributed by atoms with Gasteiger partial charge in [0, 0.05) is 39.3 Å². The minimum absolute atomic E-state index is 0. The van der Waals surface area contributed by atoms with E-state index in [9.17, 15) is 14.0 Å². The standard InChI is InChI=1S/C19H25FN4O2.ClH/c20-16-5-1-2-6-17(16)22-19(26)23-7-3-4-13(10-23)18(25)24-11-14-8-21-9-15(14)12-24;/h1-2,5-6,13-15,21H,3-4,7-12H2,(H,22,26);1H/t13?,14-,15+;. The fourth-order valence-electron chi connectivity index (χ4n) is 4.41. The fraction of sp³-hybridized carbons (Fsp3) is 0.579. The van der Waals surface area contributed by atoms with Crippen LogP contribution < -0.4 is 10.6 Å². The Morgan fingerprint density at radius 2 is 1.78 bits per heavy atom. The first-order chi connectivity index (χ1) is 12.6. The summed E-state index contributed by atoms with van der Waals surface area (Å²) in [7, 11) is 0. The number of amides is 3. The van der Waals surface area contributed by atoms with Crippen molar-refractivity contribution in [3.63, 3.8) is 0 Å². The van der Waals surface area contributed by atoms with E-state index in [1.54, 1.807) is 17.0 Å². The third kappa shape index (κ3) is 4.19. The van der Waals surface area contributed by atoms with Crippen molar-refractivity contribution in [2.45, 2.75) is 12.8 Å². The molecule has 0 aliphatic carbocycles. The highest BCUT2D eigenvalue weighted by atomic mass is 35.5. The second-order valence-corrected chi connectivity index (χ2v) is 7.62. The molecule has 8 heteroatoms. The zero-order valence-corrected chi connectivity index (χ0v) is 16.0. The third-order valence-corrected chi connectivity index (χ3v) is 5.87. The lowest BCUT2D eigenvalue weighted by Crippen LogP contribution is -2.48. The van der Waals surface area contributed by atoms with Crippen molar-refractivity contribution >= 4 is 30.0 Å². The van der Waals surface area contributed by atoms with Gasteiger partial charge < -0.3 is 20.4 Å². The molecule has 0 saturated carbocycles. The lowest BCUT2D eigenvalue weighted by atomic mass is 9.97. The zero-order chi connectivity index (χ0) is 18.1. The molecule has 3 heterocycles. The molecular weight excluding hydrogens is 371 g/mol. The number of rotatable bonds is 2. The largest absolute Gasteiger partial charge is 0.342 e. The fourth-order valence-corrected chi connectivity index (χ4v) is 4.41. The molecule has 3 aliphatic heterocycles. The van der Waals surface area contributed by atoms with E-state index < -0.39 is 5.82 Å². The Labute approximate surface area is 164 Å². The van der Waals surface area contributed by atoms with Crippen LogP contribution in [0.5, 0.6) is 0 Å². The smallest absolute Gasteiger partial charge is 0.321 e. The molecule has 148 valence electrons. The normalized spacial score (nSPS) is 27.1. The molecule has 0 aromatic heterocycles. The van der Waals surface area contributed by atoms with E-state index in [0.29, 0.717) is 24.9 Å². The van der Waals surface area contributed by atoms with Gasteiger partial charge in [0.05, 0.1) is 11.6 Å². The van der Waals surface area contributed by atoms with Crippen LogP contribution in [0.2, 0.25) is 0 Å². The van der Waals surface area contributed by atoms with E-state index in [4.69, 9.17) is 0 Å². The van der Waals surface area contributed by atoms with Crippen LogP contribution >= 0.6 is 12.4 Å². The topological polar surface area (TPSA) is 64.7 Å². The Morgan fingerprint density at radius 1 is 1.07 bits per heavy atom. The molecule has 6 nitrogen and oxygen atoms in total. The number of benzene rings is 1.